The summed E-state index contributed by atoms with van der Waals surface area (Å²) in [7, 11) is 0. The van der Waals surface area contributed by atoms with E-state index in [1.54, 1.807) is 0 Å². The molecule has 63 heavy (non-hydrogen) atoms. The highest BCUT2D eigenvalue weighted by Gasteiger charge is 2.24. The first-order valence-electron chi connectivity index (χ1n) is 21.5. The van der Waals surface area contributed by atoms with Gasteiger partial charge in [0.05, 0.1) is 22.4 Å². The summed E-state index contributed by atoms with van der Waals surface area (Å²) in [6, 6.07) is 87.0. The van der Waals surface area contributed by atoms with Crippen molar-refractivity contribution in [3.63, 3.8) is 0 Å². The molecule has 296 valence electrons. The van der Waals surface area contributed by atoms with E-state index >= 15 is 0 Å². The third kappa shape index (κ3) is 6.21. The van der Waals surface area contributed by atoms with Gasteiger partial charge in [-0.1, -0.05) is 182 Å². The van der Waals surface area contributed by atoms with Crippen LogP contribution in [0.5, 0.6) is 0 Å². The highest BCUT2D eigenvalue weighted by molar-refractivity contribution is 6.12. The number of rotatable bonds is 8. The predicted molar refractivity (Wildman–Crippen MR) is 264 cm³/mol. The summed E-state index contributed by atoms with van der Waals surface area (Å²) in [5, 5.41) is 4.66. The second-order valence-corrected chi connectivity index (χ2v) is 16.0. The van der Waals surface area contributed by atoms with Crippen molar-refractivity contribution in [2.45, 2.75) is 0 Å². The van der Waals surface area contributed by atoms with Crippen molar-refractivity contribution in [3.8, 4) is 50.2 Å². The van der Waals surface area contributed by atoms with Gasteiger partial charge >= 0.3 is 0 Å². The van der Waals surface area contributed by atoms with Crippen molar-refractivity contribution >= 4 is 60.8 Å². The molecule has 3 nitrogen and oxygen atoms in total. The smallest absolute Gasteiger partial charge is 0.159 e. The average molecular weight is 805 g/mol. The quantitative estimate of drug-likeness (QED) is 0.153. The predicted octanol–water partition coefficient (Wildman–Crippen LogP) is 16.8. The molecule has 0 aliphatic rings. The second kappa shape index (κ2) is 15.3. The van der Waals surface area contributed by atoms with Crippen molar-refractivity contribution in [3.05, 3.63) is 243 Å². The molecule has 0 atom stereocenters. The van der Waals surface area contributed by atoms with Crippen molar-refractivity contribution in [2.24, 2.45) is 0 Å². The van der Waals surface area contributed by atoms with Crippen LogP contribution >= 0.6 is 0 Å². The first-order valence-corrected chi connectivity index (χ1v) is 21.5. The molecule has 0 fully saturated rings. The highest BCUT2D eigenvalue weighted by atomic mass is 16.3. The van der Waals surface area contributed by atoms with E-state index in [-0.39, 0.29) is 0 Å². The lowest BCUT2D eigenvalue weighted by molar-refractivity contribution is 0.669. The minimum Gasteiger partial charge on any atom is -0.454 e. The Balaban J connectivity index is 1.03. The van der Waals surface area contributed by atoms with Gasteiger partial charge in [0.1, 0.15) is 5.58 Å². The molecule has 0 amide bonds. The van der Waals surface area contributed by atoms with E-state index in [9.17, 15) is 0 Å². The summed E-state index contributed by atoms with van der Waals surface area (Å²) in [6.07, 6.45) is 0. The molecule has 0 radical (unpaired) electrons. The molecule has 2 heterocycles. The Morgan fingerprint density at radius 3 is 1.63 bits per heavy atom. The van der Waals surface area contributed by atoms with E-state index in [4.69, 9.17) is 4.42 Å². The van der Waals surface area contributed by atoms with E-state index in [1.165, 1.54) is 49.6 Å². The Morgan fingerprint density at radius 2 is 0.857 bits per heavy atom. The third-order valence-corrected chi connectivity index (χ3v) is 12.4. The first-order chi connectivity index (χ1) is 31.3. The van der Waals surface area contributed by atoms with Crippen LogP contribution in [0.1, 0.15) is 0 Å². The Morgan fingerprint density at radius 1 is 0.317 bits per heavy atom. The number of benzene rings is 10. The van der Waals surface area contributed by atoms with Crippen LogP contribution < -0.4 is 4.90 Å². The molecule has 12 aromatic rings. The van der Waals surface area contributed by atoms with Crippen LogP contribution in [-0.2, 0) is 0 Å². The van der Waals surface area contributed by atoms with Crippen LogP contribution in [0.15, 0.2) is 247 Å². The van der Waals surface area contributed by atoms with Crippen LogP contribution in [0, 0.1) is 0 Å². The Labute approximate surface area is 366 Å². The molecule has 0 saturated carbocycles. The fraction of sp³-hybridized carbons (Fsp3) is 0. The number of hydrogen-bond acceptors (Lipinski definition) is 2. The molecule has 0 aliphatic carbocycles. The molecule has 2 aromatic heterocycles. The Hall–Kier alpha value is -8.40. The van der Waals surface area contributed by atoms with Crippen molar-refractivity contribution in [2.75, 3.05) is 4.90 Å². The summed E-state index contributed by atoms with van der Waals surface area (Å²) in [4.78, 5) is 2.38. The van der Waals surface area contributed by atoms with Crippen LogP contribution in [0.2, 0.25) is 0 Å². The van der Waals surface area contributed by atoms with E-state index < -0.39 is 0 Å². The summed E-state index contributed by atoms with van der Waals surface area (Å²) in [5.41, 5.74) is 17.7. The van der Waals surface area contributed by atoms with Crippen LogP contribution in [0.3, 0.4) is 0 Å². The van der Waals surface area contributed by atoms with Crippen LogP contribution in [0.4, 0.5) is 17.1 Å². The van der Waals surface area contributed by atoms with Gasteiger partial charge in [0.2, 0.25) is 0 Å². The zero-order valence-corrected chi connectivity index (χ0v) is 34.4. The number of nitrogens with zero attached hydrogens (tertiary/aromatic N) is 2. The van der Waals surface area contributed by atoms with Crippen molar-refractivity contribution < 1.29 is 4.42 Å². The van der Waals surface area contributed by atoms with Crippen LogP contribution in [0.25, 0.3) is 93.9 Å². The van der Waals surface area contributed by atoms with Gasteiger partial charge in [-0.3, -0.25) is 0 Å². The zero-order valence-electron chi connectivity index (χ0n) is 34.4. The summed E-state index contributed by atoms with van der Waals surface area (Å²) in [5.74, 6) is 0. The van der Waals surface area contributed by atoms with Gasteiger partial charge in [-0.25, -0.2) is 0 Å². The highest BCUT2D eigenvalue weighted by Crippen LogP contribution is 2.48. The largest absolute Gasteiger partial charge is 0.454 e. The lowest BCUT2D eigenvalue weighted by Crippen LogP contribution is -2.11. The molecule has 0 N–H and O–H groups in total. The third-order valence-electron chi connectivity index (χ3n) is 12.4. The second-order valence-electron chi connectivity index (χ2n) is 16.0. The lowest BCUT2D eigenvalue weighted by atomic mass is 9.88. The van der Waals surface area contributed by atoms with E-state index in [0.717, 1.165) is 61.4 Å². The number of fused-ring (bicyclic) bond motifs is 6. The van der Waals surface area contributed by atoms with Gasteiger partial charge in [-0.05, 0) is 99.6 Å². The molecule has 0 saturated heterocycles. The van der Waals surface area contributed by atoms with Crippen molar-refractivity contribution in [1.82, 2.24) is 4.57 Å². The number of aromatic nitrogens is 1. The van der Waals surface area contributed by atoms with Gasteiger partial charge in [0.25, 0.3) is 0 Å². The summed E-state index contributed by atoms with van der Waals surface area (Å²) < 4.78 is 9.14. The maximum atomic E-state index is 6.77. The SMILES string of the molecule is c1ccc(-c2ccccc2-c2ccccc2-c2ccccc2N(c2ccc(-c3ccc4c(c3)c3ccccc3n4-c3ccccc3)cc2)c2cccc3c2oc2ccccc23)cc1. The molecule has 0 spiro atoms. The van der Waals surface area contributed by atoms with Crippen molar-refractivity contribution in [1.29, 1.82) is 0 Å². The zero-order chi connectivity index (χ0) is 41.7. The molecule has 10 aromatic carbocycles. The minimum atomic E-state index is 0.848. The molecule has 0 unspecified atom stereocenters. The number of para-hydroxylation sites is 5. The maximum absolute atomic E-state index is 6.77. The molecule has 12 rings (SSSR count). The van der Waals surface area contributed by atoms with Gasteiger partial charge < -0.3 is 13.9 Å². The van der Waals surface area contributed by atoms with Gasteiger partial charge in [0.15, 0.2) is 5.58 Å². The molecule has 3 heteroatoms. The summed E-state index contributed by atoms with van der Waals surface area (Å²) in [6.45, 7) is 0. The first kappa shape index (κ1) is 36.5. The van der Waals surface area contributed by atoms with E-state index in [1.807, 2.05) is 6.07 Å². The molecule has 0 bridgehead atoms. The van der Waals surface area contributed by atoms with E-state index in [2.05, 4.69) is 246 Å². The molecule has 0 aliphatic heterocycles. The van der Waals surface area contributed by atoms with Gasteiger partial charge in [-0.2, -0.15) is 0 Å². The fourth-order valence-corrected chi connectivity index (χ4v) is 9.56. The Kier molecular flexibility index (Phi) is 8.83. The summed E-state index contributed by atoms with van der Waals surface area (Å²) >= 11 is 0. The standard InChI is InChI=1S/C60H40N2O/c1-3-18-42(19-4-1)46-22-7-8-23-47(46)48-24-9-10-25-49(48)50-26-11-14-30-55(50)62(58-32-17-29-53-52-28-13-16-33-59(52)63-60(53)58)45-37-34-41(35-38-45)43-36-39-57-54(40-43)51-27-12-15-31-56(51)61(57)44-20-5-2-6-21-44/h1-40H. The fourth-order valence-electron chi connectivity index (χ4n) is 9.56. The topological polar surface area (TPSA) is 21.3 Å². The number of hydrogen-bond donors (Lipinski definition) is 0. The molecular formula is C60H40N2O. The average Bonchev–Trinajstić information content (AvgIpc) is 3.91. The lowest BCUT2D eigenvalue weighted by Gasteiger charge is -2.28. The number of furan rings is 1. The Bertz CT molecular complexity index is 3620. The maximum Gasteiger partial charge on any atom is 0.159 e. The van der Waals surface area contributed by atoms with Gasteiger partial charge in [-0.15, -0.1) is 0 Å². The van der Waals surface area contributed by atoms with E-state index in [0.29, 0.717) is 0 Å². The molecular weight excluding hydrogens is 765 g/mol. The van der Waals surface area contributed by atoms with Gasteiger partial charge in [0, 0.05) is 38.5 Å². The number of anilines is 3. The minimum absolute atomic E-state index is 0.848. The normalized spacial score (nSPS) is 11.5. The van der Waals surface area contributed by atoms with Crippen LogP contribution in [-0.4, -0.2) is 4.57 Å². The monoisotopic (exact) mass is 804 g/mol.